The summed E-state index contributed by atoms with van der Waals surface area (Å²) in [5, 5.41) is 0. The lowest BCUT2D eigenvalue weighted by atomic mass is 10.1. The predicted molar refractivity (Wildman–Crippen MR) is 72.1 cm³/mol. The molecule has 2 N–H and O–H groups in total. The average molecular weight is 261 g/mol. The Kier molecular flexibility index (Phi) is 4.02. The second-order valence-electron chi connectivity index (χ2n) is 4.22. The van der Waals surface area contributed by atoms with Crippen molar-refractivity contribution in [2.24, 2.45) is 5.73 Å². The van der Waals surface area contributed by atoms with Gasteiger partial charge in [0.25, 0.3) is 0 Å². The Bertz CT molecular complexity index is 553. The van der Waals surface area contributed by atoms with Gasteiger partial charge in [0, 0.05) is 11.6 Å². The minimum Gasteiger partial charge on any atom is -0.497 e. The fourth-order valence-corrected chi connectivity index (χ4v) is 1.82. The van der Waals surface area contributed by atoms with Crippen molar-refractivity contribution in [1.82, 2.24) is 0 Å². The maximum atomic E-state index is 13.7. The molecule has 0 radical (unpaired) electrons. The first-order valence-electron chi connectivity index (χ1n) is 5.97. The Morgan fingerprint density at radius 1 is 1.05 bits per heavy atom. The van der Waals surface area contributed by atoms with Crippen molar-refractivity contribution in [3.63, 3.8) is 0 Å². The Morgan fingerprint density at radius 3 is 2.26 bits per heavy atom. The Balaban J connectivity index is 2.29. The van der Waals surface area contributed by atoms with E-state index in [-0.39, 0.29) is 5.82 Å². The van der Waals surface area contributed by atoms with Crippen LogP contribution in [-0.4, -0.2) is 7.11 Å². The molecule has 4 heteroatoms. The first-order chi connectivity index (χ1) is 9.11. The summed E-state index contributed by atoms with van der Waals surface area (Å²) < 4.78 is 24.5. The van der Waals surface area contributed by atoms with Crippen LogP contribution in [0.15, 0.2) is 42.5 Å². The van der Waals surface area contributed by atoms with Gasteiger partial charge in [0.15, 0.2) is 0 Å². The van der Waals surface area contributed by atoms with E-state index < -0.39 is 6.04 Å². The van der Waals surface area contributed by atoms with Crippen molar-refractivity contribution in [3.8, 4) is 17.2 Å². The maximum absolute atomic E-state index is 13.7. The highest BCUT2D eigenvalue weighted by molar-refractivity contribution is 5.41. The number of hydrogen-bond donors (Lipinski definition) is 1. The maximum Gasteiger partial charge on any atom is 0.135 e. The Hall–Kier alpha value is -2.07. The third kappa shape index (κ3) is 3.03. The van der Waals surface area contributed by atoms with Crippen LogP contribution >= 0.6 is 0 Å². The monoisotopic (exact) mass is 261 g/mol. The molecule has 0 amide bonds. The molecule has 0 heterocycles. The Labute approximate surface area is 111 Å². The summed E-state index contributed by atoms with van der Waals surface area (Å²) in [4.78, 5) is 0. The topological polar surface area (TPSA) is 44.5 Å². The molecule has 0 spiro atoms. The van der Waals surface area contributed by atoms with Crippen LogP contribution in [0, 0.1) is 5.82 Å². The number of ether oxygens (including phenoxy) is 2. The highest BCUT2D eigenvalue weighted by Gasteiger charge is 2.14. The summed E-state index contributed by atoms with van der Waals surface area (Å²) in [6.07, 6.45) is 0. The number of rotatable bonds is 4. The van der Waals surface area contributed by atoms with Gasteiger partial charge in [-0.25, -0.2) is 4.39 Å². The predicted octanol–water partition coefficient (Wildman–Crippen LogP) is 3.65. The fourth-order valence-electron chi connectivity index (χ4n) is 1.82. The van der Waals surface area contributed by atoms with E-state index in [0.717, 1.165) is 5.75 Å². The number of benzene rings is 2. The van der Waals surface area contributed by atoms with E-state index in [1.165, 1.54) is 6.07 Å². The first-order valence-corrected chi connectivity index (χ1v) is 5.97. The van der Waals surface area contributed by atoms with Gasteiger partial charge < -0.3 is 15.2 Å². The molecule has 0 unspecified atom stereocenters. The van der Waals surface area contributed by atoms with Gasteiger partial charge in [-0.1, -0.05) is 6.07 Å². The number of halogens is 1. The molecule has 0 aliphatic heterocycles. The van der Waals surface area contributed by atoms with Gasteiger partial charge in [-0.05, 0) is 43.3 Å². The van der Waals surface area contributed by atoms with Crippen LogP contribution in [0.25, 0.3) is 0 Å². The van der Waals surface area contributed by atoms with Crippen molar-refractivity contribution in [2.45, 2.75) is 13.0 Å². The molecule has 3 nitrogen and oxygen atoms in total. The molecule has 2 rings (SSSR count). The molecule has 0 fully saturated rings. The fraction of sp³-hybridized carbons (Fsp3) is 0.200. The number of nitrogens with two attached hydrogens (primary N) is 1. The number of hydrogen-bond acceptors (Lipinski definition) is 3. The van der Waals surface area contributed by atoms with E-state index in [4.69, 9.17) is 15.2 Å². The van der Waals surface area contributed by atoms with E-state index in [1.807, 2.05) is 0 Å². The SMILES string of the molecule is COc1ccc(Oc2cccc(F)c2[C@H](C)N)cc1. The van der Waals surface area contributed by atoms with Crippen LogP contribution < -0.4 is 15.2 Å². The van der Waals surface area contributed by atoms with E-state index in [0.29, 0.717) is 17.1 Å². The molecule has 0 aliphatic rings. The zero-order valence-electron chi connectivity index (χ0n) is 10.9. The van der Waals surface area contributed by atoms with Gasteiger partial charge in [0.05, 0.1) is 7.11 Å². The molecule has 19 heavy (non-hydrogen) atoms. The summed E-state index contributed by atoms with van der Waals surface area (Å²) in [5.41, 5.74) is 6.15. The summed E-state index contributed by atoms with van der Waals surface area (Å²) in [6.45, 7) is 1.72. The van der Waals surface area contributed by atoms with Crippen molar-refractivity contribution >= 4 is 0 Å². The molecule has 0 bridgehead atoms. The molecule has 0 saturated heterocycles. The zero-order chi connectivity index (χ0) is 13.8. The normalized spacial score (nSPS) is 12.0. The highest BCUT2D eigenvalue weighted by atomic mass is 19.1. The third-order valence-electron chi connectivity index (χ3n) is 2.76. The minimum absolute atomic E-state index is 0.360. The van der Waals surface area contributed by atoms with Gasteiger partial charge in [0.1, 0.15) is 23.1 Å². The average Bonchev–Trinajstić information content (AvgIpc) is 2.39. The van der Waals surface area contributed by atoms with Gasteiger partial charge in [-0.3, -0.25) is 0 Å². The molecule has 2 aromatic rings. The molecular weight excluding hydrogens is 245 g/mol. The molecule has 100 valence electrons. The largest absolute Gasteiger partial charge is 0.497 e. The van der Waals surface area contributed by atoms with Gasteiger partial charge in [-0.2, -0.15) is 0 Å². The standard InChI is InChI=1S/C15H16FNO2/c1-10(17)15-13(16)4-3-5-14(15)19-12-8-6-11(18-2)7-9-12/h3-10H,17H2,1-2H3/t10-/m0/s1. The van der Waals surface area contributed by atoms with Crippen LogP contribution in [0.1, 0.15) is 18.5 Å². The van der Waals surface area contributed by atoms with E-state index in [1.54, 1.807) is 50.4 Å². The van der Waals surface area contributed by atoms with Crippen molar-refractivity contribution in [3.05, 3.63) is 53.8 Å². The minimum atomic E-state index is -0.436. The Morgan fingerprint density at radius 2 is 1.68 bits per heavy atom. The lowest BCUT2D eigenvalue weighted by Gasteiger charge is -2.14. The van der Waals surface area contributed by atoms with Crippen molar-refractivity contribution < 1.29 is 13.9 Å². The summed E-state index contributed by atoms with van der Waals surface area (Å²) >= 11 is 0. The molecule has 1 atom stereocenters. The van der Waals surface area contributed by atoms with Gasteiger partial charge in [0.2, 0.25) is 0 Å². The van der Waals surface area contributed by atoms with E-state index >= 15 is 0 Å². The van der Waals surface area contributed by atoms with Crippen LogP contribution in [-0.2, 0) is 0 Å². The molecule has 0 aromatic heterocycles. The third-order valence-corrected chi connectivity index (χ3v) is 2.76. The molecular formula is C15H16FNO2. The van der Waals surface area contributed by atoms with Gasteiger partial charge >= 0.3 is 0 Å². The van der Waals surface area contributed by atoms with Gasteiger partial charge in [-0.15, -0.1) is 0 Å². The number of methoxy groups -OCH3 is 1. The summed E-state index contributed by atoms with van der Waals surface area (Å²) in [6, 6.07) is 11.3. The van der Waals surface area contributed by atoms with Crippen molar-refractivity contribution in [2.75, 3.05) is 7.11 Å². The first kappa shape index (κ1) is 13.4. The zero-order valence-corrected chi connectivity index (χ0v) is 10.9. The quantitative estimate of drug-likeness (QED) is 0.913. The van der Waals surface area contributed by atoms with Crippen LogP contribution in [0.2, 0.25) is 0 Å². The van der Waals surface area contributed by atoms with E-state index in [9.17, 15) is 4.39 Å². The second kappa shape index (κ2) is 5.71. The lowest BCUT2D eigenvalue weighted by molar-refractivity contribution is 0.412. The molecule has 0 aliphatic carbocycles. The smallest absolute Gasteiger partial charge is 0.135 e. The highest BCUT2D eigenvalue weighted by Crippen LogP contribution is 2.31. The lowest BCUT2D eigenvalue weighted by Crippen LogP contribution is -2.09. The van der Waals surface area contributed by atoms with E-state index in [2.05, 4.69) is 0 Å². The summed E-state index contributed by atoms with van der Waals surface area (Å²) in [7, 11) is 1.59. The van der Waals surface area contributed by atoms with Crippen LogP contribution in [0.5, 0.6) is 17.2 Å². The molecule has 2 aromatic carbocycles. The molecule has 0 saturated carbocycles. The van der Waals surface area contributed by atoms with Crippen molar-refractivity contribution in [1.29, 1.82) is 0 Å². The van der Waals surface area contributed by atoms with Crippen LogP contribution in [0.3, 0.4) is 0 Å². The van der Waals surface area contributed by atoms with Crippen LogP contribution in [0.4, 0.5) is 4.39 Å². The second-order valence-corrected chi connectivity index (χ2v) is 4.22. The summed E-state index contributed by atoms with van der Waals surface area (Å²) in [5.74, 6) is 1.41.